The van der Waals surface area contributed by atoms with Crippen LogP contribution >= 0.6 is 0 Å². The summed E-state index contributed by atoms with van der Waals surface area (Å²) in [4.78, 5) is 17.1. The van der Waals surface area contributed by atoms with Crippen molar-refractivity contribution in [2.45, 2.75) is 32.6 Å². The third-order valence-corrected chi connectivity index (χ3v) is 3.56. The molecule has 0 aliphatic rings. The third-order valence-electron chi connectivity index (χ3n) is 3.56. The minimum atomic E-state index is 0.235. The summed E-state index contributed by atoms with van der Waals surface area (Å²) < 4.78 is 0. The van der Waals surface area contributed by atoms with E-state index in [-0.39, 0.29) is 5.91 Å². The van der Waals surface area contributed by atoms with Crippen LogP contribution in [0.25, 0.3) is 10.9 Å². The molecule has 1 heterocycles. The van der Waals surface area contributed by atoms with Gasteiger partial charge in [0.1, 0.15) is 0 Å². The zero-order valence-corrected chi connectivity index (χ0v) is 11.8. The maximum Gasteiger partial charge on any atom is 0.222 e. The molecule has 0 saturated heterocycles. The fraction of sp³-hybridized carbons (Fsp3) is 0.438. The second-order valence-electron chi connectivity index (χ2n) is 5.03. The summed E-state index contributed by atoms with van der Waals surface area (Å²) in [6, 6.07) is 8.22. The number of benzene rings is 1. The predicted molar refractivity (Wildman–Crippen MR) is 79.2 cm³/mol. The molecule has 0 fully saturated rings. The van der Waals surface area contributed by atoms with Gasteiger partial charge < -0.3 is 9.88 Å². The van der Waals surface area contributed by atoms with E-state index < -0.39 is 0 Å². The van der Waals surface area contributed by atoms with Gasteiger partial charge in [-0.1, -0.05) is 31.5 Å². The second kappa shape index (κ2) is 6.41. The maximum atomic E-state index is 12.0. The first kappa shape index (κ1) is 13.7. The van der Waals surface area contributed by atoms with Gasteiger partial charge in [0.05, 0.1) is 0 Å². The smallest absolute Gasteiger partial charge is 0.222 e. The summed E-state index contributed by atoms with van der Waals surface area (Å²) in [5.74, 6) is 0.235. The van der Waals surface area contributed by atoms with Crippen LogP contribution in [0, 0.1) is 0 Å². The van der Waals surface area contributed by atoms with E-state index in [4.69, 9.17) is 0 Å². The van der Waals surface area contributed by atoms with Crippen molar-refractivity contribution in [2.75, 3.05) is 13.6 Å². The van der Waals surface area contributed by atoms with E-state index in [1.807, 2.05) is 30.3 Å². The number of nitrogens with zero attached hydrogens (tertiary/aromatic N) is 1. The van der Waals surface area contributed by atoms with Gasteiger partial charge in [-0.15, -0.1) is 0 Å². The number of aromatic nitrogens is 1. The molecule has 102 valence electrons. The van der Waals surface area contributed by atoms with Gasteiger partial charge in [0.2, 0.25) is 5.91 Å². The highest BCUT2D eigenvalue weighted by Crippen LogP contribution is 2.19. The van der Waals surface area contributed by atoms with Crippen LogP contribution in [0.5, 0.6) is 0 Å². The summed E-state index contributed by atoms with van der Waals surface area (Å²) in [7, 11) is 1.90. The Balaban J connectivity index is 1.93. The molecular formula is C16H22N2O. The Morgan fingerprint density at radius 3 is 2.89 bits per heavy atom. The molecule has 0 radical (unpaired) electrons. The average molecular weight is 258 g/mol. The number of hydrogen-bond donors (Lipinski definition) is 1. The molecule has 1 aromatic carbocycles. The Kier molecular flexibility index (Phi) is 4.61. The summed E-state index contributed by atoms with van der Waals surface area (Å²) in [5.41, 5.74) is 2.37. The fourth-order valence-corrected chi connectivity index (χ4v) is 2.29. The van der Waals surface area contributed by atoms with Crippen molar-refractivity contribution in [1.82, 2.24) is 9.88 Å². The van der Waals surface area contributed by atoms with Gasteiger partial charge in [-0.2, -0.15) is 0 Å². The van der Waals surface area contributed by atoms with E-state index in [2.05, 4.69) is 24.0 Å². The Morgan fingerprint density at radius 2 is 2.11 bits per heavy atom. The lowest BCUT2D eigenvalue weighted by Gasteiger charge is -2.16. The van der Waals surface area contributed by atoms with E-state index in [0.717, 1.165) is 31.3 Å². The topological polar surface area (TPSA) is 36.1 Å². The number of aryl methyl sites for hydroxylation is 1. The lowest BCUT2D eigenvalue weighted by molar-refractivity contribution is -0.129. The van der Waals surface area contributed by atoms with E-state index in [1.165, 1.54) is 10.9 Å². The van der Waals surface area contributed by atoms with E-state index >= 15 is 0 Å². The Bertz CT molecular complexity index is 544. The third kappa shape index (κ3) is 3.37. The number of amides is 1. The molecule has 3 heteroatoms. The SMILES string of the molecule is CCCCN(C)C(=O)CCc1c[nH]c2ccccc12. The number of aromatic amines is 1. The highest BCUT2D eigenvalue weighted by Gasteiger charge is 2.10. The normalized spacial score (nSPS) is 10.8. The van der Waals surface area contributed by atoms with Crippen LogP contribution in [0.3, 0.4) is 0 Å². The Hall–Kier alpha value is -1.77. The van der Waals surface area contributed by atoms with Crippen LogP contribution in [0.15, 0.2) is 30.5 Å². The fourth-order valence-electron chi connectivity index (χ4n) is 2.29. The molecule has 3 nitrogen and oxygen atoms in total. The van der Waals surface area contributed by atoms with Gasteiger partial charge in [-0.05, 0) is 24.5 Å². The molecule has 0 bridgehead atoms. The van der Waals surface area contributed by atoms with Crippen molar-refractivity contribution in [1.29, 1.82) is 0 Å². The van der Waals surface area contributed by atoms with Crippen LogP contribution in [0.2, 0.25) is 0 Å². The molecule has 1 N–H and O–H groups in total. The van der Waals surface area contributed by atoms with Gasteiger partial charge >= 0.3 is 0 Å². The zero-order chi connectivity index (χ0) is 13.7. The number of nitrogens with one attached hydrogen (secondary N) is 1. The number of fused-ring (bicyclic) bond motifs is 1. The van der Waals surface area contributed by atoms with E-state index in [9.17, 15) is 4.79 Å². The molecule has 1 aromatic heterocycles. The number of rotatable bonds is 6. The van der Waals surface area contributed by atoms with Crippen LogP contribution in [0.1, 0.15) is 31.7 Å². The van der Waals surface area contributed by atoms with Crippen molar-refractivity contribution in [3.8, 4) is 0 Å². The first-order valence-electron chi connectivity index (χ1n) is 7.01. The van der Waals surface area contributed by atoms with Crippen molar-refractivity contribution in [3.63, 3.8) is 0 Å². The lowest BCUT2D eigenvalue weighted by Crippen LogP contribution is -2.27. The molecule has 19 heavy (non-hydrogen) atoms. The summed E-state index contributed by atoms with van der Waals surface area (Å²) in [6.07, 6.45) is 5.61. The standard InChI is InChI=1S/C16H22N2O/c1-3-4-11-18(2)16(19)10-9-13-12-17-15-8-6-5-7-14(13)15/h5-8,12,17H,3-4,9-11H2,1-2H3. The second-order valence-corrected chi connectivity index (χ2v) is 5.03. The molecule has 0 spiro atoms. The van der Waals surface area contributed by atoms with Gasteiger partial charge in [0, 0.05) is 37.1 Å². The van der Waals surface area contributed by atoms with E-state index in [0.29, 0.717) is 6.42 Å². The van der Waals surface area contributed by atoms with Gasteiger partial charge in [0.15, 0.2) is 0 Å². The van der Waals surface area contributed by atoms with E-state index in [1.54, 1.807) is 0 Å². The van der Waals surface area contributed by atoms with Gasteiger partial charge in [-0.25, -0.2) is 0 Å². The van der Waals surface area contributed by atoms with Crippen molar-refractivity contribution in [3.05, 3.63) is 36.0 Å². The van der Waals surface area contributed by atoms with Crippen molar-refractivity contribution >= 4 is 16.8 Å². The lowest BCUT2D eigenvalue weighted by atomic mass is 10.1. The highest BCUT2D eigenvalue weighted by atomic mass is 16.2. The first-order valence-corrected chi connectivity index (χ1v) is 7.01. The number of carbonyl (C=O) groups is 1. The Labute approximate surface area is 114 Å². The van der Waals surface area contributed by atoms with Gasteiger partial charge in [-0.3, -0.25) is 4.79 Å². The molecule has 0 aliphatic carbocycles. The predicted octanol–water partition coefficient (Wildman–Crippen LogP) is 3.36. The van der Waals surface area contributed by atoms with Crippen LogP contribution in [-0.4, -0.2) is 29.4 Å². The summed E-state index contributed by atoms with van der Waals surface area (Å²) >= 11 is 0. The minimum Gasteiger partial charge on any atom is -0.361 e. The monoisotopic (exact) mass is 258 g/mol. The number of para-hydroxylation sites is 1. The molecule has 1 amide bonds. The Morgan fingerprint density at radius 1 is 1.32 bits per heavy atom. The van der Waals surface area contributed by atoms with Crippen molar-refractivity contribution in [2.24, 2.45) is 0 Å². The molecule has 0 atom stereocenters. The molecule has 0 unspecified atom stereocenters. The van der Waals surface area contributed by atoms with Crippen molar-refractivity contribution < 1.29 is 4.79 Å². The number of H-pyrrole nitrogens is 1. The minimum absolute atomic E-state index is 0.235. The first-order chi connectivity index (χ1) is 9.22. The summed E-state index contributed by atoms with van der Waals surface area (Å²) in [6.45, 7) is 3.01. The highest BCUT2D eigenvalue weighted by molar-refractivity contribution is 5.84. The molecule has 0 saturated carbocycles. The molecule has 2 rings (SSSR count). The van der Waals surface area contributed by atoms with Crippen LogP contribution in [0.4, 0.5) is 0 Å². The maximum absolute atomic E-state index is 12.0. The van der Waals surface area contributed by atoms with Gasteiger partial charge in [0.25, 0.3) is 0 Å². The molecular weight excluding hydrogens is 236 g/mol. The number of hydrogen-bond acceptors (Lipinski definition) is 1. The van der Waals surface area contributed by atoms with Crippen LogP contribution < -0.4 is 0 Å². The summed E-state index contributed by atoms with van der Waals surface area (Å²) in [5, 5.41) is 1.23. The zero-order valence-electron chi connectivity index (χ0n) is 11.8. The number of unbranched alkanes of at least 4 members (excludes halogenated alkanes) is 1. The average Bonchev–Trinajstić information content (AvgIpc) is 2.85. The largest absolute Gasteiger partial charge is 0.361 e. The van der Waals surface area contributed by atoms with Crippen LogP contribution in [-0.2, 0) is 11.2 Å². The molecule has 2 aromatic rings. The molecule has 0 aliphatic heterocycles. The number of carbonyl (C=O) groups excluding carboxylic acids is 1. The quantitative estimate of drug-likeness (QED) is 0.847.